The van der Waals surface area contributed by atoms with Crippen LogP contribution in [0.25, 0.3) is 0 Å². The minimum atomic E-state index is 0.435. The Morgan fingerprint density at radius 1 is 1.05 bits per heavy atom. The van der Waals surface area contributed by atoms with Crippen molar-refractivity contribution in [1.29, 1.82) is 0 Å². The van der Waals surface area contributed by atoms with Crippen molar-refractivity contribution in [3.05, 3.63) is 0 Å². The van der Waals surface area contributed by atoms with E-state index in [1.807, 2.05) is 0 Å². The molecule has 0 spiro atoms. The monoisotopic (exact) mass is 266 g/mol. The highest BCUT2D eigenvalue weighted by Gasteiger charge is 2.36. The zero-order valence-corrected chi connectivity index (χ0v) is 13.7. The molecule has 0 amide bonds. The quantitative estimate of drug-likeness (QED) is 0.830. The number of hydrogen-bond donors (Lipinski definition) is 1. The average Bonchev–Trinajstić information content (AvgIpc) is 2.59. The molecule has 0 bridgehead atoms. The molecule has 1 aliphatic carbocycles. The van der Waals surface area contributed by atoms with Crippen LogP contribution in [0.4, 0.5) is 0 Å². The van der Waals surface area contributed by atoms with E-state index in [-0.39, 0.29) is 0 Å². The first-order valence-electron chi connectivity index (χ1n) is 8.25. The van der Waals surface area contributed by atoms with Gasteiger partial charge in [0.15, 0.2) is 0 Å². The highest BCUT2D eigenvalue weighted by Crippen LogP contribution is 2.40. The Morgan fingerprint density at radius 2 is 1.63 bits per heavy atom. The fraction of sp³-hybridized carbons (Fsp3) is 1.00. The summed E-state index contributed by atoms with van der Waals surface area (Å²) >= 11 is 0. The van der Waals surface area contributed by atoms with Crippen LogP contribution in [0.5, 0.6) is 0 Å². The van der Waals surface area contributed by atoms with E-state index in [1.54, 1.807) is 0 Å². The molecular formula is C17H34N2. The third kappa shape index (κ3) is 3.72. The summed E-state index contributed by atoms with van der Waals surface area (Å²) in [6.45, 7) is 15.8. The molecule has 2 N–H and O–H groups in total. The maximum atomic E-state index is 6.41. The molecule has 2 nitrogen and oxygen atoms in total. The van der Waals surface area contributed by atoms with Crippen molar-refractivity contribution in [3.8, 4) is 0 Å². The van der Waals surface area contributed by atoms with Gasteiger partial charge in [-0.1, -0.05) is 34.6 Å². The molecule has 0 aromatic carbocycles. The summed E-state index contributed by atoms with van der Waals surface area (Å²) in [5.74, 6) is 3.29. The van der Waals surface area contributed by atoms with Gasteiger partial charge in [0.05, 0.1) is 0 Å². The maximum Gasteiger partial charge on any atom is 0.00795 e. The largest absolute Gasteiger partial charge is 0.327 e. The fourth-order valence-electron chi connectivity index (χ4n) is 4.01. The molecule has 1 heterocycles. The van der Waals surface area contributed by atoms with Crippen molar-refractivity contribution >= 4 is 0 Å². The summed E-state index contributed by atoms with van der Waals surface area (Å²) in [7, 11) is 0. The Bertz CT molecular complexity index is 284. The number of hydrogen-bond acceptors (Lipinski definition) is 2. The summed E-state index contributed by atoms with van der Waals surface area (Å²) in [6, 6.07) is 0.435. The number of nitrogens with two attached hydrogens (primary N) is 1. The van der Waals surface area contributed by atoms with Crippen LogP contribution < -0.4 is 5.73 Å². The molecule has 1 aliphatic heterocycles. The Morgan fingerprint density at radius 3 is 2.16 bits per heavy atom. The van der Waals surface area contributed by atoms with Gasteiger partial charge in [-0.05, 0) is 48.3 Å². The topological polar surface area (TPSA) is 29.3 Å². The molecule has 1 saturated heterocycles. The van der Waals surface area contributed by atoms with Crippen LogP contribution in [0, 0.1) is 29.1 Å². The summed E-state index contributed by atoms with van der Waals surface area (Å²) in [4.78, 5) is 2.67. The first-order valence-corrected chi connectivity index (χ1v) is 8.25. The number of rotatable bonds is 2. The Labute approximate surface area is 120 Å². The second-order valence-corrected chi connectivity index (χ2v) is 8.47. The lowest BCUT2D eigenvalue weighted by Gasteiger charge is -2.42. The first-order chi connectivity index (χ1) is 8.77. The van der Waals surface area contributed by atoms with Gasteiger partial charge in [0.1, 0.15) is 0 Å². The van der Waals surface area contributed by atoms with Crippen LogP contribution >= 0.6 is 0 Å². The van der Waals surface area contributed by atoms with E-state index in [0.717, 1.165) is 23.7 Å². The molecule has 19 heavy (non-hydrogen) atoms. The van der Waals surface area contributed by atoms with Gasteiger partial charge in [0.25, 0.3) is 0 Å². The van der Waals surface area contributed by atoms with Crippen molar-refractivity contribution < 1.29 is 0 Å². The highest BCUT2D eigenvalue weighted by molar-refractivity contribution is 4.90. The van der Waals surface area contributed by atoms with Gasteiger partial charge in [-0.25, -0.2) is 0 Å². The van der Waals surface area contributed by atoms with Gasteiger partial charge >= 0.3 is 0 Å². The fourth-order valence-corrected chi connectivity index (χ4v) is 4.01. The van der Waals surface area contributed by atoms with Crippen molar-refractivity contribution in [1.82, 2.24) is 4.90 Å². The molecule has 0 radical (unpaired) electrons. The van der Waals surface area contributed by atoms with E-state index in [2.05, 4.69) is 39.5 Å². The third-order valence-electron chi connectivity index (χ3n) is 5.82. The summed E-state index contributed by atoms with van der Waals surface area (Å²) in [5, 5.41) is 0. The Hall–Kier alpha value is -0.0800. The second-order valence-electron chi connectivity index (χ2n) is 8.47. The lowest BCUT2D eigenvalue weighted by Crippen LogP contribution is -2.44. The number of nitrogens with zero attached hydrogens (tertiary/aromatic N) is 1. The van der Waals surface area contributed by atoms with E-state index in [4.69, 9.17) is 5.73 Å². The Balaban J connectivity index is 1.91. The van der Waals surface area contributed by atoms with Crippen molar-refractivity contribution in [2.24, 2.45) is 34.8 Å². The van der Waals surface area contributed by atoms with Crippen LogP contribution in [0.1, 0.15) is 53.9 Å². The molecular weight excluding hydrogens is 232 g/mol. The van der Waals surface area contributed by atoms with Crippen LogP contribution in [0.3, 0.4) is 0 Å². The molecule has 5 atom stereocenters. The molecule has 0 aromatic rings. The molecule has 2 fully saturated rings. The van der Waals surface area contributed by atoms with Crippen LogP contribution in [0.2, 0.25) is 0 Å². The van der Waals surface area contributed by atoms with Gasteiger partial charge in [-0.2, -0.15) is 0 Å². The van der Waals surface area contributed by atoms with E-state index in [9.17, 15) is 0 Å². The zero-order chi connectivity index (χ0) is 14.2. The predicted octanol–water partition coefficient (Wildman–Crippen LogP) is 3.36. The van der Waals surface area contributed by atoms with E-state index >= 15 is 0 Å². The number of likely N-dealkylation sites (tertiary alicyclic amines) is 1. The molecule has 5 unspecified atom stereocenters. The van der Waals surface area contributed by atoms with Gasteiger partial charge in [-0.15, -0.1) is 0 Å². The van der Waals surface area contributed by atoms with Crippen LogP contribution in [-0.2, 0) is 0 Å². The second kappa shape index (κ2) is 5.73. The molecule has 1 saturated carbocycles. The van der Waals surface area contributed by atoms with Gasteiger partial charge in [0.2, 0.25) is 0 Å². The average molecular weight is 266 g/mol. The molecule has 112 valence electrons. The van der Waals surface area contributed by atoms with Crippen molar-refractivity contribution in [3.63, 3.8) is 0 Å². The van der Waals surface area contributed by atoms with E-state index in [1.165, 1.54) is 38.9 Å². The van der Waals surface area contributed by atoms with Crippen LogP contribution in [0.15, 0.2) is 0 Å². The Kier molecular flexibility index (Phi) is 4.62. The summed E-state index contributed by atoms with van der Waals surface area (Å²) < 4.78 is 0. The lowest BCUT2D eigenvalue weighted by molar-refractivity contribution is 0.104. The molecule has 2 rings (SSSR count). The minimum absolute atomic E-state index is 0.435. The normalized spacial score (nSPS) is 41.7. The first kappa shape index (κ1) is 15.3. The molecule has 2 heteroatoms. The standard InChI is InChI=1S/C17H34N2/c1-12-9-19(10-13(12)2)11-14-8-15(17(3,4)5)6-7-16(14)18/h12-16H,6-11,18H2,1-5H3. The predicted molar refractivity (Wildman–Crippen MR) is 83.0 cm³/mol. The molecule has 0 aromatic heterocycles. The van der Waals surface area contributed by atoms with Crippen molar-refractivity contribution in [2.45, 2.75) is 59.9 Å². The van der Waals surface area contributed by atoms with Gasteiger partial charge in [0, 0.05) is 25.7 Å². The SMILES string of the molecule is CC1CN(CC2CC(C(C)(C)C)CCC2N)CC1C. The van der Waals surface area contributed by atoms with Gasteiger partial charge < -0.3 is 10.6 Å². The summed E-state index contributed by atoms with van der Waals surface area (Å²) in [6.07, 6.45) is 3.89. The third-order valence-corrected chi connectivity index (χ3v) is 5.82. The van der Waals surface area contributed by atoms with E-state index < -0.39 is 0 Å². The van der Waals surface area contributed by atoms with Crippen molar-refractivity contribution in [2.75, 3.05) is 19.6 Å². The molecule has 2 aliphatic rings. The summed E-state index contributed by atoms with van der Waals surface area (Å²) in [5.41, 5.74) is 6.85. The van der Waals surface area contributed by atoms with E-state index in [0.29, 0.717) is 11.5 Å². The highest BCUT2D eigenvalue weighted by atomic mass is 15.2. The zero-order valence-electron chi connectivity index (χ0n) is 13.7. The minimum Gasteiger partial charge on any atom is -0.327 e. The smallest absolute Gasteiger partial charge is 0.00795 e. The maximum absolute atomic E-state index is 6.41. The van der Waals surface area contributed by atoms with Crippen LogP contribution in [-0.4, -0.2) is 30.6 Å². The van der Waals surface area contributed by atoms with Gasteiger partial charge in [-0.3, -0.25) is 0 Å². The lowest BCUT2D eigenvalue weighted by atomic mass is 9.67.